The van der Waals surface area contributed by atoms with Crippen LogP contribution in [0.5, 0.6) is 0 Å². The Bertz CT molecular complexity index is 701. The number of β-lactam (4-membered cyclic amide) rings is 1. The Labute approximate surface area is 153 Å². The number of carbonyl (C=O) groups excluding carboxylic acids is 2. The molecule has 1 atom stereocenters. The van der Waals surface area contributed by atoms with Gasteiger partial charge >= 0.3 is 29.6 Å². The molecule has 0 bridgehead atoms. The van der Waals surface area contributed by atoms with Crippen molar-refractivity contribution in [1.29, 1.82) is 0 Å². The van der Waals surface area contributed by atoms with Crippen LogP contribution in [-0.4, -0.2) is 38.1 Å². The summed E-state index contributed by atoms with van der Waals surface area (Å²) in [5, 5.41) is 10.9. The predicted octanol–water partition coefficient (Wildman–Crippen LogP) is -3.23. The Balaban J connectivity index is 0.00000144. The molecule has 1 unspecified atom stereocenters. The zero-order valence-electron chi connectivity index (χ0n) is 12.1. The molecule has 108 valence electrons. The van der Waals surface area contributed by atoms with E-state index in [1.165, 1.54) is 4.90 Å². The maximum atomic E-state index is 12.1. The number of rotatable bonds is 2. The molecular formula is C14H12N3NaO3S. The van der Waals surface area contributed by atoms with Gasteiger partial charge in [-0.1, -0.05) is 6.08 Å². The minimum absolute atomic E-state index is 0. The van der Waals surface area contributed by atoms with E-state index in [-0.39, 0.29) is 47.2 Å². The minimum Gasteiger partial charge on any atom is -0.543 e. The van der Waals surface area contributed by atoms with Gasteiger partial charge in [-0.25, -0.2) is 4.98 Å². The van der Waals surface area contributed by atoms with Crippen molar-refractivity contribution in [3.05, 3.63) is 35.1 Å². The fourth-order valence-corrected chi connectivity index (χ4v) is 3.89. The quantitative estimate of drug-likeness (QED) is 0.325. The van der Waals surface area contributed by atoms with E-state index >= 15 is 0 Å². The molecule has 22 heavy (non-hydrogen) atoms. The van der Waals surface area contributed by atoms with Crippen molar-refractivity contribution in [2.75, 3.05) is 5.75 Å². The second-order valence-corrected chi connectivity index (χ2v) is 6.34. The molecule has 3 aliphatic rings. The van der Waals surface area contributed by atoms with E-state index in [1.807, 2.05) is 18.0 Å². The molecular weight excluding hydrogens is 313 g/mol. The first-order valence-electron chi connectivity index (χ1n) is 6.75. The van der Waals surface area contributed by atoms with E-state index in [0.29, 0.717) is 12.0 Å². The van der Waals surface area contributed by atoms with Gasteiger partial charge in [-0.2, -0.15) is 11.8 Å². The number of aryl methyl sites for hydroxylation is 1. The van der Waals surface area contributed by atoms with Crippen LogP contribution in [0.25, 0.3) is 6.08 Å². The van der Waals surface area contributed by atoms with Crippen molar-refractivity contribution < 1.29 is 44.3 Å². The molecule has 0 radical (unpaired) electrons. The Morgan fingerprint density at radius 3 is 3.05 bits per heavy atom. The van der Waals surface area contributed by atoms with Crippen LogP contribution in [0.3, 0.4) is 0 Å². The molecule has 1 saturated heterocycles. The van der Waals surface area contributed by atoms with Crippen LogP contribution in [0.2, 0.25) is 0 Å². The third-order valence-corrected chi connectivity index (χ3v) is 4.96. The Morgan fingerprint density at radius 1 is 1.50 bits per heavy atom. The summed E-state index contributed by atoms with van der Waals surface area (Å²) in [6, 6.07) is -0.168. The molecule has 0 aliphatic carbocycles. The first kappa shape index (κ1) is 15.9. The number of aromatic nitrogens is 2. The molecule has 0 N–H and O–H groups in total. The first-order valence-corrected chi connectivity index (χ1v) is 7.91. The Morgan fingerprint density at radius 2 is 2.32 bits per heavy atom. The second kappa shape index (κ2) is 5.88. The standard InChI is InChI=1S/C14H13N3O3S.Na/c18-13-9(10-1-2-11(14(19)20)17(10)13)5-8-6-16-3-4-21-7-12(16)15-8;/h2,5-6,10H,1,3-4,7H2,(H,19,20);/q;+1/p-1/b9-5+;. The number of amides is 1. The molecule has 1 aromatic heterocycles. The van der Waals surface area contributed by atoms with Crippen molar-refractivity contribution in [1.82, 2.24) is 14.5 Å². The van der Waals surface area contributed by atoms with Crippen LogP contribution >= 0.6 is 11.8 Å². The van der Waals surface area contributed by atoms with E-state index in [2.05, 4.69) is 9.55 Å². The molecule has 3 aliphatic heterocycles. The van der Waals surface area contributed by atoms with Gasteiger partial charge in [-0.3, -0.25) is 9.69 Å². The summed E-state index contributed by atoms with van der Waals surface area (Å²) >= 11 is 1.85. The summed E-state index contributed by atoms with van der Waals surface area (Å²) in [5.41, 5.74) is 1.39. The number of carboxylic acid groups (broad SMARTS) is 1. The summed E-state index contributed by atoms with van der Waals surface area (Å²) in [7, 11) is 0. The second-order valence-electron chi connectivity index (χ2n) is 5.23. The van der Waals surface area contributed by atoms with Gasteiger partial charge in [0.25, 0.3) is 5.91 Å². The fraction of sp³-hybridized carbons (Fsp3) is 0.357. The van der Waals surface area contributed by atoms with E-state index in [4.69, 9.17) is 0 Å². The Hall–Kier alpha value is -1.02. The summed E-state index contributed by atoms with van der Waals surface area (Å²) in [4.78, 5) is 28.8. The molecule has 1 aromatic rings. The normalized spacial score (nSPS) is 24.3. The maximum absolute atomic E-state index is 12.1. The molecule has 6 nitrogen and oxygen atoms in total. The maximum Gasteiger partial charge on any atom is 1.00 e. The van der Waals surface area contributed by atoms with Crippen LogP contribution in [0.1, 0.15) is 17.9 Å². The zero-order chi connectivity index (χ0) is 14.6. The number of imidazole rings is 1. The van der Waals surface area contributed by atoms with E-state index in [1.54, 1.807) is 12.2 Å². The van der Waals surface area contributed by atoms with Crippen molar-refractivity contribution in [3.8, 4) is 0 Å². The monoisotopic (exact) mass is 325 g/mol. The smallest absolute Gasteiger partial charge is 0.543 e. The van der Waals surface area contributed by atoms with Crippen LogP contribution in [0.4, 0.5) is 0 Å². The number of aliphatic carboxylic acids is 1. The van der Waals surface area contributed by atoms with Crippen LogP contribution in [0.15, 0.2) is 23.5 Å². The van der Waals surface area contributed by atoms with E-state index in [0.717, 1.165) is 29.6 Å². The topological polar surface area (TPSA) is 78.3 Å². The van der Waals surface area contributed by atoms with E-state index < -0.39 is 5.97 Å². The number of nitrogens with zero attached hydrogens (tertiary/aromatic N) is 3. The third-order valence-electron chi connectivity index (χ3n) is 4.03. The summed E-state index contributed by atoms with van der Waals surface area (Å²) < 4.78 is 2.11. The minimum atomic E-state index is -1.29. The molecule has 8 heteroatoms. The van der Waals surface area contributed by atoms with Gasteiger partial charge in [-0.05, 0) is 12.5 Å². The zero-order valence-corrected chi connectivity index (χ0v) is 14.9. The van der Waals surface area contributed by atoms with Crippen LogP contribution in [-0.2, 0) is 21.9 Å². The molecule has 0 aromatic carbocycles. The Kier molecular flexibility index (Phi) is 4.24. The van der Waals surface area contributed by atoms with Gasteiger partial charge < -0.3 is 14.5 Å². The number of fused-ring (bicyclic) bond motifs is 2. The molecule has 1 fully saturated rings. The van der Waals surface area contributed by atoms with Gasteiger partial charge in [0, 0.05) is 24.1 Å². The summed E-state index contributed by atoms with van der Waals surface area (Å²) in [6.45, 7) is 0.941. The number of carbonyl (C=O) groups is 2. The van der Waals surface area contributed by atoms with Crippen LogP contribution in [0, 0.1) is 0 Å². The van der Waals surface area contributed by atoms with Crippen molar-refractivity contribution in [2.24, 2.45) is 0 Å². The number of thioether (sulfide) groups is 1. The number of hydrogen-bond acceptors (Lipinski definition) is 5. The predicted molar refractivity (Wildman–Crippen MR) is 74.7 cm³/mol. The number of carboxylic acids is 1. The first-order chi connectivity index (χ1) is 10.1. The van der Waals surface area contributed by atoms with Crippen LogP contribution < -0.4 is 34.7 Å². The average molecular weight is 325 g/mol. The molecule has 0 spiro atoms. The van der Waals surface area contributed by atoms with Crippen molar-refractivity contribution in [3.63, 3.8) is 0 Å². The fourth-order valence-electron chi connectivity index (χ4n) is 3.01. The van der Waals surface area contributed by atoms with Gasteiger partial charge in [0.1, 0.15) is 5.82 Å². The third kappa shape index (κ3) is 2.36. The molecule has 4 rings (SSSR count). The van der Waals surface area contributed by atoms with Gasteiger partial charge in [0.15, 0.2) is 0 Å². The molecule has 0 saturated carbocycles. The summed E-state index contributed by atoms with van der Waals surface area (Å²) in [6.07, 6.45) is 5.82. The largest absolute Gasteiger partial charge is 1.00 e. The SMILES string of the molecule is O=C([O-])C1=CCC2/C(=C\c3cn4c(n3)CSCC4)C(=O)N12.[Na+]. The number of hydrogen-bond donors (Lipinski definition) is 0. The molecule has 4 heterocycles. The molecule has 1 amide bonds. The van der Waals surface area contributed by atoms with Crippen molar-refractivity contribution in [2.45, 2.75) is 24.8 Å². The summed E-state index contributed by atoms with van der Waals surface area (Å²) in [5.74, 6) is 1.45. The van der Waals surface area contributed by atoms with Gasteiger partial charge in [-0.15, -0.1) is 0 Å². The van der Waals surface area contributed by atoms with Gasteiger partial charge in [0.05, 0.1) is 29.2 Å². The van der Waals surface area contributed by atoms with E-state index in [9.17, 15) is 14.7 Å². The van der Waals surface area contributed by atoms with Gasteiger partial charge in [0.2, 0.25) is 0 Å². The average Bonchev–Trinajstić information content (AvgIpc) is 3.05. The van der Waals surface area contributed by atoms with Crippen molar-refractivity contribution >= 4 is 29.7 Å².